The summed E-state index contributed by atoms with van der Waals surface area (Å²) in [7, 11) is 0. The lowest BCUT2D eigenvalue weighted by atomic mass is 10.1. The van der Waals surface area contributed by atoms with Crippen LogP contribution < -0.4 is 5.56 Å². The molecule has 2 aromatic rings. The molecule has 0 aliphatic rings. The van der Waals surface area contributed by atoms with Crippen LogP contribution in [-0.2, 0) is 6.54 Å². The molecule has 0 aliphatic heterocycles. The van der Waals surface area contributed by atoms with Gasteiger partial charge in [-0.1, -0.05) is 35.9 Å². The van der Waals surface area contributed by atoms with Crippen molar-refractivity contribution in [3.05, 3.63) is 68.5 Å². The lowest BCUT2D eigenvalue weighted by Crippen LogP contribution is -2.19. The number of hydrogen-bond donors (Lipinski definition) is 0. The van der Waals surface area contributed by atoms with Gasteiger partial charge in [-0.15, -0.1) is 0 Å². The van der Waals surface area contributed by atoms with Gasteiger partial charge in [-0.2, -0.15) is 0 Å². The van der Waals surface area contributed by atoms with Crippen LogP contribution in [0.3, 0.4) is 0 Å². The van der Waals surface area contributed by atoms with Gasteiger partial charge in [0.25, 0.3) is 5.56 Å². The normalized spacial score (nSPS) is 10.4. The first-order valence-electron chi connectivity index (χ1n) is 5.08. The number of aryl methyl sites for hydroxylation is 1. The predicted octanol–water partition coefficient (Wildman–Crippen LogP) is 2.97. The Balaban J connectivity index is 2.34. The molecule has 0 bridgehead atoms. The third-order valence-corrected chi connectivity index (χ3v) is 3.15. The quantitative estimate of drug-likeness (QED) is 0.774. The van der Waals surface area contributed by atoms with Crippen molar-refractivity contribution in [1.82, 2.24) is 4.57 Å². The van der Waals surface area contributed by atoms with Crippen molar-refractivity contribution >= 4 is 15.9 Å². The zero-order valence-electron chi connectivity index (χ0n) is 8.98. The second kappa shape index (κ2) is 4.66. The minimum absolute atomic E-state index is 0.00921. The highest BCUT2D eigenvalue weighted by molar-refractivity contribution is 9.10. The molecule has 0 atom stereocenters. The Labute approximate surface area is 103 Å². The number of benzene rings is 1. The van der Waals surface area contributed by atoms with E-state index < -0.39 is 0 Å². The SMILES string of the molecule is Cc1ccc(Cn2c(Br)cccc2=O)cc1. The van der Waals surface area contributed by atoms with E-state index in [1.807, 2.05) is 25.1 Å². The maximum Gasteiger partial charge on any atom is 0.251 e. The summed E-state index contributed by atoms with van der Waals surface area (Å²) in [5.74, 6) is 0. The number of halogens is 1. The zero-order valence-corrected chi connectivity index (χ0v) is 10.6. The first kappa shape index (κ1) is 11.1. The summed E-state index contributed by atoms with van der Waals surface area (Å²) in [5, 5.41) is 0. The van der Waals surface area contributed by atoms with Gasteiger partial charge >= 0.3 is 0 Å². The molecule has 0 spiro atoms. The second-order valence-electron chi connectivity index (χ2n) is 3.76. The minimum atomic E-state index is 0.00921. The fourth-order valence-corrected chi connectivity index (χ4v) is 1.98. The molecule has 3 heteroatoms. The van der Waals surface area contributed by atoms with Crippen molar-refractivity contribution in [1.29, 1.82) is 0 Å². The van der Waals surface area contributed by atoms with Crippen LogP contribution in [0, 0.1) is 6.92 Å². The van der Waals surface area contributed by atoms with Crippen LogP contribution in [-0.4, -0.2) is 4.57 Å². The smallest absolute Gasteiger partial charge is 0.251 e. The van der Waals surface area contributed by atoms with Crippen LogP contribution in [0.1, 0.15) is 11.1 Å². The zero-order chi connectivity index (χ0) is 11.5. The second-order valence-corrected chi connectivity index (χ2v) is 4.57. The maximum absolute atomic E-state index is 11.6. The summed E-state index contributed by atoms with van der Waals surface area (Å²) in [4.78, 5) is 11.6. The van der Waals surface area contributed by atoms with Crippen molar-refractivity contribution < 1.29 is 0 Å². The van der Waals surface area contributed by atoms with Crippen molar-refractivity contribution in [2.75, 3.05) is 0 Å². The van der Waals surface area contributed by atoms with Crippen LogP contribution in [0.15, 0.2) is 51.9 Å². The molecule has 16 heavy (non-hydrogen) atoms. The van der Waals surface area contributed by atoms with E-state index in [0.717, 1.165) is 10.2 Å². The first-order valence-corrected chi connectivity index (χ1v) is 5.87. The molecular weight excluding hydrogens is 266 g/mol. The van der Waals surface area contributed by atoms with E-state index in [4.69, 9.17) is 0 Å². The highest BCUT2D eigenvalue weighted by Crippen LogP contribution is 2.10. The molecule has 1 heterocycles. The monoisotopic (exact) mass is 277 g/mol. The lowest BCUT2D eigenvalue weighted by molar-refractivity contribution is 0.740. The van der Waals surface area contributed by atoms with E-state index >= 15 is 0 Å². The van der Waals surface area contributed by atoms with Gasteiger partial charge < -0.3 is 0 Å². The van der Waals surface area contributed by atoms with Crippen molar-refractivity contribution in [2.24, 2.45) is 0 Å². The number of hydrogen-bond acceptors (Lipinski definition) is 1. The molecule has 2 rings (SSSR count). The summed E-state index contributed by atoms with van der Waals surface area (Å²) in [6.07, 6.45) is 0. The molecule has 82 valence electrons. The first-order chi connectivity index (χ1) is 7.66. The molecule has 0 saturated heterocycles. The van der Waals surface area contributed by atoms with Crippen LogP contribution in [0.2, 0.25) is 0 Å². The van der Waals surface area contributed by atoms with E-state index in [9.17, 15) is 4.79 Å². The molecule has 0 aliphatic carbocycles. The van der Waals surface area contributed by atoms with Crippen molar-refractivity contribution in [3.63, 3.8) is 0 Å². The molecule has 1 aromatic carbocycles. The summed E-state index contributed by atoms with van der Waals surface area (Å²) < 4.78 is 2.51. The number of rotatable bonds is 2. The fraction of sp³-hybridized carbons (Fsp3) is 0.154. The molecule has 0 radical (unpaired) electrons. The van der Waals surface area contributed by atoms with Gasteiger partial charge in [0.1, 0.15) is 0 Å². The number of nitrogens with zero attached hydrogens (tertiary/aromatic N) is 1. The van der Waals surface area contributed by atoms with Crippen LogP contribution >= 0.6 is 15.9 Å². The van der Waals surface area contributed by atoms with Gasteiger partial charge in [-0.05, 0) is 34.5 Å². The summed E-state index contributed by atoms with van der Waals surface area (Å²) in [6, 6.07) is 13.4. The molecule has 0 fully saturated rings. The van der Waals surface area contributed by atoms with Crippen molar-refractivity contribution in [3.8, 4) is 0 Å². The van der Waals surface area contributed by atoms with Crippen LogP contribution in [0.4, 0.5) is 0 Å². The molecule has 0 unspecified atom stereocenters. The third kappa shape index (κ3) is 2.42. The van der Waals surface area contributed by atoms with Gasteiger partial charge in [-0.25, -0.2) is 0 Å². The average Bonchev–Trinajstić information content (AvgIpc) is 2.26. The fourth-order valence-electron chi connectivity index (χ4n) is 1.52. The molecule has 0 N–H and O–H groups in total. The molecular formula is C13H12BrNO. The van der Waals surface area contributed by atoms with E-state index in [0.29, 0.717) is 6.54 Å². The topological polar surface area (TPSA) is 22.0 Å². The Hall–Kier alpha value is -1.35. The summed E-state index contributed by atoms with van der Waals surface area (Å²) in [5.41, 5.74) is 2.36. The third-order valence-electron chi connectivity index (χ3n) is 2.46. The summed E-state index contributed by atoms with van der Waals surface area (Å²) >= 11 is 3.38. The predicted molar refractivity (Wildman–Crippen MR) is 68.7 cm³/mol. The highest BCUT2D eigenvalue weighted by Gasteiger charge is 2.01. The Morgan fingerprint density at radius 1 is 1.12 bits per heavy atom. The molecule has 0 saturated carbocycles. The summed E-state index contributed by atoms with van der Waals surface area (Å²) in [6.45, 7) is 2.65. The van der Waals surface area contributed by atoms with Crippen LogP contribution in [0.25, 0.3) is 0 Å². The maximum atomic E-state index is 11.6. The Morgan fingerprint density at radius 2 is 1.81 bits per heavy atom. The molecule has 0 amide bonds. The number of pyridine rings is 1. The molecule has 2 nitrogen and oxygen atoms in total. The lowest BCUT2D eigenvalue weighted by Gasteiger charge is -2.08. The van der Waals surface area contributed by atoms with E-state index in [1.54, 1.807) is 16.7 Å². The molecule has 1 aromatic heterocycles. The Kier molecular flexibility index (Phi) is 3.25. The standard InChI is InChI=1S/C13H12BrNO/c1-10-5-7-11(8-6-10)9-15-12(14)3-2-4-13(15)16/h2-8H,9H2,1H3. The van der Waals surface area contributed by atoms with Gasteiger partial charge in [0.15, 0.2) is 0 Å². The number of aromatic nitrogens is 1. The van der Waals surface area contributed by atoms with E-state index in [-0.39, 0.29) is 5.56 Å². The average molecular weight is 278 g/mol. The van der Waals surface area contributed by atoms with E-state index in [1.165, 1.54) is 5.56 Å². The van der Waals surface area contributed by atoms with Gasteiger partial charge in [-0.3, -0.25) is 9.36 Å². The largest absolute Gasteiger partial charge is 0.298 e. The van der Waals surface area contributed by atoms with Gasteiger partial charge in [0.2, 0.25) is 0 Å². The van der Waals surface area contributed by atoms with Gasteiger partial charge in [0.05, 0.1) is 11.1 Å². The highest BCUT2D eigenvalue weighted by atomic mass is 79.9. The van der Waals surface area contributed by atoms with Crippen LogP contribution in [0.5, 0.6) is 0 Å². The Morgan fingerprint density at radius 3 is 2.44 bits per heavy atom. The van der Waals surface area contributed by atoms with Crippen molar-refractivity contribution in [2.45, 2.75) is 13.5 Å². The van der Waals surface area contributed by atoms with Gasteiger partial charge in [0, 0.05) is 6.07 Å². The minimum Gasteiger partial charge on any atom is -0.298 e. The van der Waals surface area contributed by atoms with E-state index in [2.05, 4.69) is 28.1 Å². The Bertz CT molecular complexity index is 543.